The molecule has 3 rings (SSSR count). The first-order valence-electron chi connectivity index (χ1n) is 8.31. The normalized spacial score (nSPS) is 18.1. The van der Waals surface area contributed by atoms with Crippen molar-refractivity contribution in [2.75, 3.05) is 46.8 Å². The van der Waals surface area contributed by atoms with Gasteiger partial charge in [0, 0.05) is 36.9 Å². The zero-order valence-corrected chi connectivity index (χ0v) is 14.5. The molecule has 1 saturated heterocycles. The average molecular weight is 318 g/mol. The fourth-order valence-corrected chi connectivity index (χ4v) is 4.39. The van der Waals surface area contributed by atoms with Crippen molar-refractivity contribution >= 4 is 21.4 Å². The van der Waals surface area contributed by atoms with Gasteiger partial charge >= 0.3 is 0 Å². The Kier molecular flexibility index (Phi) is 5.47. The van der Waals surface area contributed by atoms with Crippen LogP contribution in [0.25, 0.3) is 10.1 Å². The molecule has 3 nitrogen and oxygen atoms in total. The van der Waals surface area contributed by atoms with Gasteiger partial charge in [0.1, 0.15) is 0 Å². The van der Waals surface area contributed by atoms with E-state index in [2.05, 4.69) is 58.9 Å². The maximum absolute atomic E-state index is 3.48. The van der Waals surface area contributed by atoms with Gasteiger partial charge in [-0.3, -0.25) is 4.90 Å². The van der Waals surface area contributed by atoms with Crippen LogP contribution < -0.4 is 5.32 Å². The molecule has 0 spiro atoms. The summed E-state index contributed by atoms with van der Waals surface area (Å²) in [4.78, 5) is 4.97. The molecule has 0 aliphatic carbocycles. The van der Waals surface area contributed by atoms with Gasteiger partial charge in [-0.2, -0.15) is 0 Å². The number of benzene rings is 1. The Morgan fingerprint density at radius 3 is 2.77 bits per heavy atom. The maximum Gasteiger partial charge on any atom is 0.0364 e. The standard InChI is InChI=1S/C18H27N3S/c1-20(2)11-5-7-17(21-12-9-19-10-13-21)16-14-22-18-8-4-3-6-15(16)18/h3-4,6,8,14,17,19H,5,7,9-13H2,1-2H3. The summed E-state index contributed by atoms with van der Waals surface area (Å²) in [5, 5.41) is 7.33. The third-order valence-electron chi connectivity index (χ3n) is 4.55. The highest BCUT2D eigenvalue weighted by atomic mass is 32.1. The summed E-state index contributed by atoms with van der Waals surface area (Å²) in [6.07, 6.45) is 2.50. The van der Waals surface area contributed by atoms with Gasteiger partial charge in [0.15, 0.2) is 0 Å². The molecule has 1 N–H and O–H groups in total. The molecule has 2 aromatic rings. The molecule has 1 fully saturated rings. The maximum atomic E-state index is 3.48. The number of fused-ring (bicyclic) bond motifs is 1. The van der Waals surface area contributed by atoms with E-state index in [1.807, 2.05) is 11.3 Å². The van der Waals surface area contributed by atoms with Crippen molar-refractivity contribution in [2.24, 2.45) is 0 Å². The van der Waals surface area contributed by atoms with E-state index in [0.29, 0.717) is 6.04 Å². The Morgan fingerprint density at radius 2 is 2.00 bits per heavy atom. The second-order valence-electron chi connectivity index (χ2n) is 6.43. The summed E-state index contributed by atoms with van der Waals surface area (Å²) in [5.74, 6) is 0. The second kappa shape index (κ2) is 7.55. The van der Waals surface area contributed by atoms with Crippen molar-refractivity contribution < 1.29 is 0 Å². The molecule has 1 aliphatic rings. The lowest BCUT2D eigenvalue weighted by Crippen LogP contribution is -2.45. The molecule has 1 aromatic heterocycles. The van der Waals surface area contributed by atoms with E-state index in [1.165, 1.54) is 29.5 Å². The van der Waals surface area contributed by atoms with Crippen LogP contribution >= 0.6 is 11.3 Å². The van der Waals surface area contributed by atoms with Crippen LogP contribution in [0.2, 0.25) is 0 Å². The molecular formula is C18H27N3S. The minimum atomic E-state index is 0.568. The van der Waals surface area contributed by atoms with Crippen LogP contribution in [0.4, 0.5) is 0 Å². The zero-order valence-electron chi connectivity index (χ0n) is 13.7. The number of nitrogens with one attached hydrogen (secondary N) is 1. The number of piperazine rings is 1. The van der Waals surface area contributed by atoms with E-state index in [9.17, 15) is 0 Å². The summed E-state index contributed by atoms with van der Waals surface area (Å²) in [5.41, 5.74) is 1.54. The quantitative estimate of drug-likeness (QED) is 0.883. The summed E-state index contributed by atoms with van der Waals surface area (Å²) in [6.45, 7) is 5.73. The molecule has 1 aliphatic heterocycles. The molecule has 2 heterocycles. The van der Waals surface area contributed by atoms with Gasteiger partial charge in [0.25, 0.3) is 0 Å². The van der Waals surface area contributed by atoms with Crippen molar-refractivity contribution in [3.05, 3.63) is 35.2 Å². The van der Waals surface area contributed by atoms with Crippen molar-refractivity contribution in [2.45, 2.75) is 18.9 Å². The number of hydrogen-bond donors (Lipinski definition) is 1. The number of hydrogen-bond acceptors (Lipinski definition) is 4. The summed E-state index contributed by atoms with van der Waals surface area (Å²) in [7, 11) is 4.33. The van der Waals surface area contributed by atoms with Gasteiger partial charge in [-0.05, 0) is 55.9 Å². The first-order valence-corrected chi connectivity index (χ1v) is 9.19. The van der Waals surface area contributed by atoms with Crippen LogP contribution in [-0.4, -0.2) is 56.6 Å². The molecule has 0 amide bonds. The smallest absolute Gasteiger partial charge is 0.0364 e. The van der Waals surface area contributed by atoms with E-state index < -0.39 is 0 Å². The SMILES string of the molecule is CN(C)CCCC(c1csc2ccccc12)N1CCNCC1. The number of thiophene rings is 1. The Morgan fingerprint density at radius 1 is 1.23 bits per heavy atom. The topological polar surface area (TPSA) is 18.5 Å². The van der Waals surface area contributed by atoms with E-state index in [0.717, 1.165) is 26.2 Å². The Labute approximate surface area is 137 Å². The highest BCUT2D eigenvalue weighted by Crippen LogP contribution is 2.35. The van der Waals surface area contributed by atoms with Crippen LogP contribution in [0, 0.1) is 0 Å². The van der Waals surface area contributed by atoms with Crippen LogP contribution in [0.5, 0.6) is 0 Å². The molecular weight excluding hydrogens is 290 g/mol. The molecule has 1 unspecified atom stereocenters. The van der Waals surface area contributed by atoms with Gasteiger partial charge in [-0.1, -0.05) is 18.2 Å². The van der Waals surface area contributed by atoms with E-state index >= 15 is 0 Å². The zero-order chi connectivity index (χ0) is 15.4. The lowest BCUT2D eigenvalue weighted by molar-refractivity contribution is 0.162. The predicted octanol–water partition coefficient (Wildman–Crippen LogP) is 3.19. The highest BCUT2D eigenvalue weighted by Gasteiger charge is 2.24. The Bertz CT molecular complexity index is 587. The van der Waals surface area contributed by atoms with Gasteiger partial charge in [-0.25, -0.2) is 0 Å². The fraction of sp³-hybridized carbons (Fsp3) is 0.556. The second-order valence-corrected chi connectivity index (χ2v) is 7.35. The van der Waals surface area contributed by atoms with Gasteiger partial charge in [-0.15, -0.1) is 11.3 Å². The fourth-order valence-electron chi connectivity index (χ4n) is 3.39. The van der Waals surface area contributed by atoms with Crippen LogP contribution in [-0.2, 0) is 0 Å². The van der Waals surface area contributed by atoms with E-state index in [-0.39, 0.29) is 0 Å². The van der Waals surface area contributed by atoms with Crippen molar-refractivity contribution in [3.63, 3.8) is 0 Å². The lowest BCUT2D eigenvalue weighted by Gasteiger charge is -2.35. The molecule has 1 atom stereocenters. The molecule has 120 valence electrons. The summed E-state index contributed by atoms with van der Waals surface area (Å²) in [6, 6.07) is 9.43. The minimum absolute atomic E-state index is 0.568. The third-order valence-corrected chi connectivity index (χ3v) is 5.53. The van der Waals surface area contributed by atoms with Crippen LogP contribution in [0.1, 0.15) is 24.4 Å². The van der Waals surface area contributed by atoms with Gasteiger partial charge in [0.05, 0.1) is 0 Å². The monoisotopic (exact) mass is 317 g/mol. The number of rotatable bonds is 6. The van der Waals surface area contributed by atoms with Gasteiger partial charge in [0.2, 0.25) is 0 Å². The van der Waals surface area contributed by atoms with Crippen LogP contribution in [0.3, 0.4) is 0 Å². The summed E-state index contributed by atoms with van der Waals surface area (Å²) < 4.78 is 1.42. The minimum Gasteiger partial charge on any atom is -0.314 e. The van der Waals surface area contributed by atoms with E-state index in [1.54, 1.807) is 5.56 Å². The first-order chi connectivity index (χ1) is 10.8. The molecule has 1 aromatic carbocycles. The van der Waals surface area contributed by atoms with Crippen molar-refractivity contribution in [1.82, 2.24) is 15.1 Å². The van der Waals surface area contributed by atoms with Gasteiger partial charge < -0.3 is 10.2 Å². The Hall–Kier alpha value is -0.940. The molecule has 22 heavy (non-hydrogen) atoms. The lowest BCUT2D eigenvalue weighted by atomic mass is 9.98. The Balaban J connectivity index is 1.83. The van der Waals surface area contributed by atoms with Crippen molar-refractivity contribution in [3.8, 4) is 0 Å². The molecule has 0 bridgehead atoms. The predicted molar refractivity (Wildman–Crippen MR) is 96.8 cm³/mol. The highest BCUT2D eigenvalue weighted by molar-refractivity contribution is 7.17. The van der Waals surface area contributed by atoms with Crippen molar-refractivity contribution in [1.29, 1.82) is 0 Å². The average Bonchev–Trinajstić information content (AvgIpc) is 2.96. The number of nitrogens with zero attached hydrogens (tertiary/aromatic N) is 2. The molecule has 0 radical (unpaired) electrons. The molecule has 0 saturated carbocycles. The summed E-state index contributed by atoms with van der Waals surface area (Å²) >= 11 is 1.89. The first kappa shape index (κ1) is 15.9. The van der Waals surface area contributed by atoms with Crippen LogP contribution in [0.15, 0.2) is 29.6 Å². The largest absolute Gasteiger partial charge is 0.314 e. The third kappa shape index (κ3) is 3.69. The molecule has 4 heteroatoms. The van der Waals surface area contributed by atoms with E-state index in [4.69, 9.17) is 0 Å².